The quantitative estimate of drug-likeness (QED) is 0.494. The van der Waals surface area contributed by atoms with E-state index in [1.807, 2.05) is 6.92 Å². The lowest BCUT2D eigenvalue weighted by molar-refractivity contribution is 0.655. The van der Waals surface area contributed by atoms with Gasteiger partial charge in [-0.25, -0.2) is 10.2 Å². The van der Waals surface area contributed by atoms with Crippen LogP contribution in [0.25, 0.3) is 11.2 Å². The Labute approximate surface area is 173 Å². The Morgan fingerprint density at radius 1 is 1.17 bits per heavy atom. The minimum Gasteiger partial charge on any atom is -0.306 e. The molecule has 0 aliphatic rings. The molecule has 0 saturated heterocycles. The van der Waals surface area contributed by atoms with E-state index in [9.17, 15) is 9.59 Å². The van der Waals surface area contributed by atoms with Crippen molar-refractivity contribution in [2.24, 2.45) is 25.1 Å². The van der Waals surface area contributed by atoms with Crippen molar-refractivity contribution in [3.05, 3.63) is 55.7 Å². The van der Waals surface area contributed by atoms with Gasteiger partial charge in [0, 0.05) is 24.8 Å². The van der Waals surface area contributed by atoms with Gasteiger partial charge in [0.15, 0.2) is 11.2 Å². The number of hydrogen-bond donors (Lipinski definition) is 1. The third kappa shape index (κ3) is 4.27. The number of benzene rings is 1. The third-order valence-corrected chi connectivity index (χ3v) is 4.92. The molecule has 8 nitrogen and oxygen atoms in total. The number of imidazole rings is 1. The molecule has 0 fully saturated rings. The molecule has 29 heavy (non-hydrogen) atoms. The number of nitrogens with zero attached hydrogens (tertiary/aromatic N) is 5. The highest BCUT2D eigenvalue weighted by molar-refractivity contribution is 6.30. The van der Waals surface area contributed by atoms with Gasteiger partial charge in [-0.15, -0.1) is 0 Å². The Morgan fingerprint density at radius 3 is 2.45 bits per heavy atom. The number of hydrazone groups is 1. The van der Waals surface area contributed by atoms with Gasteiger partial charge in [-0.1, -0.05) is 37.6 Å². The Bertz CT molecular complexity index is 1180. The molecular weight excluding hydrogens is 392 g/mol. The monoisotopic (exact) mass is 416 g/mol. The number of hydrogen-bond acceptors (Lipinski definition) is 5. The Morgan fingerprint density at radius 2 is 1.83 bits per heavy atom. The number of aromatic nitrogens is 4. The minimum absolute atomic E-state index is 0.151. The molecule has 154 valence electrons. The van der Waals surface area contributed by atoms with Crippen LogP contribution in [0.5, 0.6) is 0 Å². The molecule has 0 unspecified atom stereocenters. The highest BCUT2D eigenvalue weighted by Gasteiger charge is 2.18. The van der Waals surface area contributed by atoms with Crippen molar-refractivity contribution in [2.75, 3.05) is 5.43 Å². The van der Waals surface area contributed by atoms with Gasteiger partial charge < -0.3 is 4.57 Å². The molecule has 0 atom stereocenters. The molecule has 0 aliphatic carbocycles. The maximum Gasteiger partial charge on any atom is 0.332 e. The van der Waals surface area contributed by atoms with Crippen molar-refractivity contribution >= 4 is 34.4 Å². The van der Waals surface area contributed by atoms with Crippen LogP contribution in [0, 0.1) is 5.92 Å². The molecule has 3 aromatic rings. The fourth-order valence-corrected chi connectivity index (χ4v) is 3.36. The maximum atomic E-state index is 13.1. The van der Waals surface area contributed by atoms with Gasteiger partial charge in [0.25, 0.3) is 5.56 Å². The normalized spacial score (nSPS) is 12.2. The van der Waals surface area contributed by atoms with Gasteiger partial charge in [-0.3, -0.25) is 13.9 Å². The van der Waals surface area contributed by atoms with Gasteiger partial charge in [0.1, 0.15) is 0 Å². The largest absolute Gasteiger partial charge is 0.332 e. The Balaban J connectivity index is 2.06. The Hall–Kier alpha value is -2.87. The van der Waals surface area contributed by atoms with E-state index in [-0.39, 0.29) is 6.54 Å². The summed E-state index contributed by atoms with van der Waals surface area (Å²) in [6, 6.07) is 7.05. The summed E-state index contributed by atoms with van der Waals surface area (Å²) in [7, 11) is 3.33. The molecule has 2 aromatic heterocycles. The molecule has 9 heteroatoms. The summed E-state index contributed by atoms with van der Waals surface area (Å²) in [5.74, 6) is 0.890. The standard InChI is InChI=1S/C20H25ClN6O2/c1-12(2)10-13(3)23-24-19-22-17-16(25(19)4)18(28)27(20(29)26(17)5)11-14-6-8-15(21)9-7-14/h6-9,12H,10-11H2,1-5H3,(H,22,24). The number of aryl methyl sites for hydroxylation is 2. The average Bonchev–Trinajstić information content (AvgIpc) is 2.99. The van der Waals surface area contributed by atoms with Gasteiger partial charge in [-0.2, -0.15) is 10.1 Å². The van der Waals surface area contributed by atoms with Gasteiger partial charge in [0.05, 0.1) is 6.54 Å². The SMILES string of the molecule is CC(CC(C)C)=NNc1nc2c(c(=O)n(Cc3ccc(Cl)cc3)c(=O)n2C)n1C. The lowest BCUT2D eigenvalue weighted by Gasteiger charge is -2.09. The number of anilines is 1. The van der Waals surface area contributed by atoms with Crippen molar-refractivity contribution in [1.29, 1.82) is 0 Å². The van der Waals surface area contributed by atoms with E-state index in [1.54, 1.807) is 42.9 Å². The summed E-state index contributed by atoms with van der Waals surface area (Å²) in [5.41, 5.74) is 4.48. The summed E-state index contributed by atoms with van der Waals surface area (Å²) < 4.78 is 4.20. The smallest absolute Gasteiger partial charge is 0.306 e. The fraction of sp³-hybridized carbons (Fsp3) is 0.400. The summed E-state index contributed by atoms with van der Waals surface area (Å²) in [6.07, 6.45) is 0.851. The number of rotatable bonds is 6. The molecule has 0 radical (unpaired) electrons. The summed E-state index contributed by atoms with van der Waals surface area (Å²) >= 11 is 5.92. The van der Waals surface area contributed by atoms with Crippen LogP contribution in [0.1, 0.15) is 32.8 Å². The first-order chi connectivity index (χ1) is 13.7. The molecular formula is C20H25ClN6O2. The molecule has 0 bridgehead atoms. The van der Waals surface area contributed by atoms with Crippen LogP contribution in [0.3, 0.4) is 0 Å². The lowest BCUT2D eigenvalue weighted by Crippen LogP contribution is -2.39. The molecule has 1 aromatic carbocycles. The first kappa shape index (κ1) is 20.9. The van der Waals surface area contributed by atoms with Crippen LogP contribution in [-0.4, -0.2) is 24.4 Å². The predicted molar refractivity (Wildman–Crippen MR) is 117 cm³/mol. The van der Waals surface area contributed by atoms with E-state index in [0.717, 1.165) is 17.7 Å². The molecule has 0 spiro atoms. The van der Waals surface area contributed by atoms with Crippen molar-refractivity contribution in [2.45, 2.75) is 33.7 Å². The summed E-state index contributed by atoms with van der Waals surface area (Å²) in [6.45, 7) is 6.32. The molecule has 3 rings (SSSR count). The third-order valence-electron chi connectivity index (χ3n) is 4.66. The van der Waals surface area contributed by atoms with Crippen LogP contribution < -0.4 is 16.7 Å². The van der Waals surface area contributed by atoms with Crippen molar-refractivity contribution in [3.63, 3.8) is 0 Å². The van der Waals surface area contributed by atoms with Crippen LogP contribution in [0.15, 0.2) is 39.0 Å². The second-order valence-corrected chi connectivity index (χ2v) is 8.02. The van der Waals surface area contributed by atoms with E-state index in [4.69, 9.17) is 11.6 Å². The molecule has 2 heterocycles. The zero-order valence-electron chi connectivity index (χ0n) is 17.2. The average molecular weight is 417 g/mol. The van der Waals surface area contributed by atoms with Crippen molar-refractivity contribution in [3.8, 4) is 0 Å². The van der Waals surface area contributed by atoms with Crippen LogP contribution in [-0.2, 0) is 20.6 Å². The lowest BCUT2D eigenvalue weighted by atomic mass is 10.1. The van der Waals surface area contributed by atoms with E-state index in [2.05, 4.69) is 29.4 Å². The zero-order chi connectivity index (χ0) is 21.3. The fourth-order valence-electron chi connectivity index (χ4n) is 3.24. The predicted octanol–water partition coefficient (Wildman–Crippen LogP) is 2.97. The number of fused-ring (bicyclic) bond motifs is 1. The van der Waals surface area contributed by atoms with E-state index in [1.165, 1.54) is 9.13 Å². The van der Waals surface area contributed by atoms with Crippen LogP contribution in [0.4, 0.5) is 5.95 Å². The zero-order valence-corrected chi connectivity index (χ0v) is 18.0. The summed E-state index contributed by atoms with van der Waals surface area (Å²) in [5, 5.41) is 4.94. The second-order valence-electron chi connectivity index (χ2n) is 7.58. The van der Waals surface area contributed by atoms with Crippen molar-refractivity contribution in [1.82, 2.24) is 18.7 Å². The van der Waals surface area contributed by atoms with Crippen molar-refractivity contribution < 1.29 is 0 Å². The van der Waals surface area contributed by atoms with Gasteiger partial charge in [-0.05, 0) is 37.0 Å². The molecule has 1 N–H and O–H groups in total. The first-order valence-electron chi connectivity index (χ1n) is 9.39. The minimum atomic E-state index is -0.429. The molecule has 0 saturated carbocycles. The highest BCUT2D eigenvalue weighted by Crippen LogP contribution is 2.15. The van der Waals surface area contributed by atoms with E-state index in [0.29, 0.717) is 28.1 Å². The van der Waals surface area contributed by atoms with E-state index >= 15 is 0 Å². The van der Waals surface area contributed by atoms with E-state index < -0.39 is 11.2 Å². The molecule has 0 amide bonds. The molecule has 0 aliphatic heterocycles. The summed E-state index contributed by atoms with van der Waals surface area (Å²) in [4.78, 5) is 30.3. The topological polar surface area (TPSA) is 86.2 Å². The van der Waals surface area contributed by atoms with Crippen LogP contribution >= 0.6 is 11.6 Å². The number of halogens is 1. The van der Waals surface area contributed by atoms with Gasteiger partial charge >= 0.3 is 5.69 Å². The van der Waals surface area contributed by atoms with Gasteiger partial charge in [0.2, 0.25) is 5.95 Å². The van der Waals surface area contributed by atoms with Crippen LogP contribution in [0.2, 0.25) is 5.02 Å². The number of nitrogens with one attached hydrogen (secondary N) is 1. The highest BCUT2D eigenvalue weighted by atomic mass is 35.5. The first-order valence-corrected chi connectivity index (χ1v) is 9.76. The second kappa shape index (κ2) is 8.24. The maximum absolute atomic E-state index is 13.1. The Kier molecular flexibility index (Phi) is 5.93.